The van der Waals surface area contributed by atoms with Crippen LogP contribution in [0.1, 0.15) is 0 Å². The predicted octanol–water partition coefficient (Wildman–Crippen LogP) is 3.41. The maximum Gasteiger partial charge on any atom is 0.276 e. The van der Waals surface area contributed by atoms with E-state index in [0.717, 1.165) is 5.56 Å². The summed E-state index contributed by atoms with van der Waals surface area (Å²) >= 11 is 1.22. The molecule has 0 saturated carbocycles. The fraction of sp³-hybridized carbons (Fsp3) is 0.176. The molecule has 0 spiro atoms. The molecule has 3 rings (SSSR count). The quantitative estimate of drug-likeness (QED) is 0.661. The Morgan fingerprint density at radius 3 is 2.62 bits per heavy atom. The number of nitrogens with zero attached hydrogens (tertiary/aromatic N) is 2. The molecule has 0 aliphatic heterocycles. The van der Waals surface area contributed by atoms with Gasteiger partial charge in [-0.3, -0.25) is 0 Å². The van der Waals surface area contributed by atoms with Crippen molar-refractivity contribution in [1.29, 1.82) is 0 Å². The van der Waals surface area contributed by atoms with Crippen molar-refractivity contribution < 1.29 is 18.7 Å². The first-order valence-electron chi connectivity index (χ1n) is 7.29. The van der Waals surface area contributed by atoms with E-state index < -0.39 is 11.9 Å². The molecule has 2 aromatic carbocycles. The van der Waals surface area contributed by atoms with Gasteiger partial charge in [-0.05, 0) is 24.3 Å². The highest BCUT2D eigenvalue weighted by molar-refractivity contribution is 7.99. The molecule has 0 saturated heterocycles. The zero-order valence-electron chi connectivity index (χ0n) is 12.6. The van der Waals surface area contributed by atoms with Crippen LogP contribution < -0.4 is 4.74 Å². The van der Waals surface area contributed by atoms with Crippen LogP contribution in [0.5, 0.6) is 5.75 Å². The summed E-state index contributed by atoms with van der Waals surface area (Å²) in [5, 5.41) is 18.2. The third kappa shape index (κ3) is 4.33. The molecule has 1 heterocycles. The smallest absolute Gasteiger partial charge is 0.276 e. The lowest BCUT2D eigenvalue weighted by molar-refractivity contribution is 0.123. The first-order valence-corrected chi connectivity index (χ1v) is 8.28. The summed E-state index contributed by atoms with van der Waals surface area (Å²) in [5.41, 5.74) is 0.834. The molecule has 1 N–H and O–H groups in total. The Morgan fingerprint density at radius 1 is 1.08 bits per heavy atom. The Balaban J connectivity index is 1.49. The number of aliphatic hydroxyl groups is 1. The minimum atomic E-state index is -0.790. The first kappa shape index (κ1) is 16.5. The molecule has 0 fully saturated rings. The van der Waals surface area contributed by atoms with Crippen molar-refractivity contribution >= 4 is 11.8 Å². The SMILES string of the molecule is O[C@H](COc1ccccc1F)CSc1nnc(-c2ccccc2)o1. The average molecular weight is 346 g/mol. The molecule has 0 bridgehead atoms. The van der Waals surface area contributed by atoms with Gasteiger partial charge in [0.2, 0.25) is 5.89 Å². The van der Waals surface area contributed by atoms with Crippen LogP contribution in [0.15, 0.2) is 64.2 Å². The van der Waals surface area contributed by atoms with Gasteiger partial charge in [0.1, 0.15) is 6.61 Å². The van der Waals surface area contributed by atoms with E-state index >= 15 is 0 Å². The molecule has 0 aliphatic rings. The molecule has 0 amide bonds. The summed E-state index contributed by atoms with van der Waals surface area (Å²) in [7, 11) is 0. The van der Waals surface area contributed by atoms with Crippen LogP contribution in [-0.2, 0) is 0 Å². The zero-order chi connectivity index (χ0) is 16.8. The second-order valence-electron chi connectivity index (χ2n) is 4.95. The van der Waals surface area contributed by atoms with Gasteiger partial charge < -0.3 is 14.3 Å². The highest BCUT2D eigenvalue weighted by Gasteiger charge is 2.13. The van der Waals surface area contributed by atoms with E-state index in [-0.39, 0.29) is 12.4 Å². The maximum atomic E-state index is 13.4. The van der Waals surface area contributed by atoms with Gasteiger partial charge in [-0.1, -0.05) is 42.1 Å². The van der Waals surface area contributed by atoms with Crippen LogP contribution in [0, 0.1) is 5.82 Å². The molecule has 124 valence electrons. The van der Waals surface area contributed by atoms with Crippen molar-refractivity contribution in [2.45, 2.75) is 11.3 Å². The predicted molar refractivity (Wildman–Crippen MR) is 88.4 cm³/mol. The number of hydrogen-bond acceptors (Lipinski definition) is 6. The highest BCUT2D eigenvalue weighted by atomic mass is 32.2. The average Bonchev–Trinajstić information content (AvgIpc) is 3.09. The molecule has 0 unspecified atom stereocenters. The molecule has 1 atom stereocenters. The van der Waals surface area contributed by atoms with E-state index in [4.69, 9.17) is 9.15 Å². The molecule has 1 aromatic heterocycles. The van der Waals surface area contributed by atoms with Crippen molar-refractivity contribution in [3.63, 3.8) is 0 Å². The second kappa shape index (κ2) is 7.94. The van der Waals surface area contributed by atoms with Crippen LogP contribution in [0.2, 0.25) is 0 Å². The van der Waals surface area contributed by atoms with Gasteiger partial charge in [-0.15, -0.1) is 10.2 Å². The molecule has 0 radical (unpaired) electrons. The fourth-order valence-corrected chi connectivity index (χ4v) is 2.60. The summed E-state index contributed by atoms with van der Waals surface area (Å²) in [6.07, 6.45) is -0.790. The molecule has 5 nitrogen and oxygen atoms in total. The summed E-state index contributed by atoms with van der Waals surface area (Å²) in [5.74, 6) is 0.382. The van der Waals surface area contributed by atoms with E-state index in [2.05, 4.69) is 10.2 Å². The summed E-state index contributed by atoms with van der Waals surface area (Å²) in [6.45, 7) is -0.0202. The van der Waals surface area contributed by atoms with Crippen molar-refractivity contribution in [3.05, 3.63) is 60.4 Å². The molecular formula is C17H15FN2O3S. The van der Waals surface area contributed by atoms with Gasteiger partial charge in [0.25, 0.3) is 5.22 Å². The van der Waals surface area contributed by atoms with Gasteiger partial charge in [-0.2, -0.15) is 0 Å². The Kier molecular flexibility index (Phi) is 5.45. The minimum Gasteiger partial charge on any atom is -0.488 e. The minimum absolute atomic E-state index is 0.0202. The van der Waals surface area contributed by atoms with Gasteiger partial charge in [0.05, 0.1) is 6.10 Å². The molecule has 7 heteroatoms. The van der Waals surface area contributed by atoms with Crippen molar-refractivity contribution in [2.75, 3.05) is 12.4 Å². The summed E-state index contributed by atoms with van der Waals surface area (Å²) in [6, 6.07) is 15.5. The lowest BCUT2D eigenvalue weighted by Gasteiger charge is -2.11. The van der Waals surface area contributed by atoms with E-state index in [0.29, 0.717) is 16.9 Å². The number of aromatic nitrogens is 2. The highest BCUT2D eigenvalue weighted by Crippen LogP contribution is 2.23. The third-order valence-corrected chi connectivity index (χ3v) is 4.06. The lowest BCUT2D eigenvalue weighted by atomic mass is 10.2. The van der Waals surface area contributed by atoms with E-state index in [1.54, 1.807) is 12.1 Å². The zero-order valence-corrected chi connectivity index (χ0v) is 13.4. The van der Waals surface area contributed by atoms with Crippen LogP contribution in [-0.4, -0.2) is 33.8 Å². The Hall–Kier alpha value is -2.38. The van der Waals surface area contributed by atoms with Gasteiger partial charge >= 0.3 is 0 Å². The van der Waals surface area contributed by atoms with Crippen molar-refractivity contribution in [2.24, 2.45) is 0 Å². The van der Waals surface area contributed by atoms with Crippen LogP contribution >= 0.6 is 11.8 Å². The molecular weight excluding hydrogens is 331 g/mol. The topological polar surface area (TPSA) is 68.4 Å². The Labute approximate surface area is 142 Å². The number of halogens is 1. The van der Waals surface area contributed by atoms with E-state index in [1.807, 2.05) is 30.3 Å². The van der Waals surface area contributed by atoms with Gasteiger partial charge in [0.15, 0.2) is 11.6 Å². The van der Waals surface area contributed by atoms with Gasteiger partial charge in [0, 0.05) is 11.3 Å². The molecule has 3 aromatic rings. The number of ether oxygens (including phenoxy) is 1. The monoisotopic (exact) mass is 346 g/mol. The van der Waals surface area contributed by atoms with Crippen LogP contribution in [0.25, 0.3) is 11.5 Å². The lowest BCUT2D eigenvalue weighted by Crippen LogP contribution is -2.20. The number of para-hydroxylation sites is 1. The van der Waals surface area contributed by atoms with E-state index in [1.165, 1.54) is 23.9 Å². The van der Waals surface area contributed by atoms with Crippen molar-refractivity contribution in [3.8, 4) is 17.2 Å². The van der Waals surface area contributed by atoms with Crippen LogP contribution in [0.3, 0.4) is 0 Å². The van der Waals surface area contributed by atoms with Gasteiger partial charge in [-0.25, -0.2) is 4.39 Å². The fourth-order valence-electron chi connectivity index (χ4n) is 1.93. The maximum absolute atomic E-state index is 13.4. The number of benzene rings is 2. The number of aliphatic hydroxyl groups excluding tert-OH is 1. The van der Waals surface area contributed by atoms with Crippen LogP contribution in [0.4, 0.5) is 4.39 Å². The number of hydrogen-bond donors (Lipinski definition) is 1. The normalized spacial score (nSPS) is 12.1. The first-order chi connectivity index (χ1) is 11.7. The standard InChI is InChI=1S/C17H15FN2O3S/c18-14-8-4-5-9-15(14)22-10-13(21)11-24-17-20-19-16(23-17)12-6-2-1-3-7-12/h1-9,13,21H,10-11H2/t13-/m1/s1. The molecule has 24 heavy (non-hydrogen) atoms. The Bertz CT molecular complexity index is 782. The van der Waals surface area contributed by atoms with E-state index in [9.17, 15) is 9.50 Å². The number of thioether (sulfide) groups is 1. The summed E-state index contributed by atoms with van der Waals surface area (Å²) < 4.78 is 24.2. The Morgan fingerprint density at radius 2 is 1.83 bits per heavy atom. The van der Waals surface area contributed by atoms with Crippen molar-refractivity contribution in [1.82, 2.24) is 10.2 Å². The summed E-state index contributed by atoms with van der Waals surface area (Å²) in [4.78, 5) is 0. The third-order valence-electron chi connectivity index (χ3n) is 3.09. The number of rotatable bonds is 7. The second-order valence-corrected chi connectivity index (χ2v) is 5.92. The largest absolute Gasteiger partial charge is 0.488 e. The molecule has 0 aliphatic carbocycles.